The maximum Gasteiger partial charge on any atom is 0.125 e. The average Bonchev–Trinajstić information content (AvgIpc) is 2.25. The molecule has 0 bridgehead atoms. The first kappa shape index (κ1) is 13.5. The van der Waals surface area contributed by atoms with E-state index in [2.05, 4.69) is 18.7 Å². The van der Waals surface area contributed by atoms with E-state index < -0.39 is 0 Å². The molecule has 1 aromatic rings. The Labute approximate surface area is 102 Å². The van der Waals surface area contributed by atoms with Gasteiger partial charge in [0.15, 0.2) is 0 Å². The largest absolute Gasteiger partial charge is 0.384 e. The predicted octanol–water partition coefficient (Wildman–Crippen LogP) is 2.59. The summed E-state index contributed by atoms with van der Waals surface area (Å²) in [6.45, 7) is 7.96. The number of hydrogen-bond acceptors (Lipinski definition) is 2. The molecule has 0 fully saturated rings. The second kappa shape index (κ2) is 5.66. The molecule has 1 aromatic carbocycles. The fraction of sp³-hybridized carbons (Fsp3) is 0.462. The summed E-state index contributed by atoms with van der Waals surface area (Å²) in [5, 5.41) is 7.51. The molecule has 0 atom stereocenters. The Morgan fingerprint density at radius 3 is 2.59 bits per heavy atom. The predicted molar refractivity (Wildman–Crippen MR) is 70.1 cm³/mol. The van der Waals surface area contributed by atoms with E-state index in [0.717, 1.165) is 18.8 Å². The fourth-order valence-electron chi connectivity index (χ4n) is 1.84. The lowest BCUT2D eigenvalue weighted by atomic mass is 10.1. The van der Waals surface area contributed by atoms with Crippen LogP contribution in [0.1, 0.15) is 26.3 Å². The minimum absolute atomic E-state index is 0.0956. The first-order valence-electron chi connectivity index (χ1n) is 5.84. The number of anilines is 1. The van der Waals surface area contributed by atoms with Gasteiger partial charge in [-0.15, -0.1) is 0 Å². The van der Waals surface area contributed by atoms with E-state index >= 15 is 0 Å². The molecule has 1 rings (SSSR count). The van der Waals surface area contributed by atoms with Gasteiger partial charge in [-0.25, -0.2) is 4.39 Å². The molecule has 0 aliphatic carbocycles. The summed E-state index contributed by atoms with van der Waals surface area (Å²) in [4.78, 5) is 2.11. The van der Waals surface area contributed by atoms with Gasteiger partial charge in [0.25, 0.3) is 0 Å². The Bertz CT molecular complexity index is 402. The van der Waals surface area contributed by atoms with Gasteiger partial charge in [0.2, 0.25) is 0 Å². The van der Waals surface area contributed by atoms with Gasteiger partial charge >= 0.3 is 0 Å². The molecule has 0 aliphatic rings. The fourth-order valence-corrected chi connectivity index (χ4v) is 1.84. The molecular formula is C13H20FN3. The van der Waals surface area contributed by atoms with E-state index in [4.69, 9.17) is 11.1 Å². The highest BCUT2D eigenvalue weighted by Gasteiger charge is 2.13. The zero-order valence-electron chi connectivity index (χ0n) is 10.6. The lowest BCUT2D eigenvalue weighted by molar-refractivity contribution is 0.613. The van der Waals surface area contributed by atoms with Gasteiger partial charge in [0.05, 0.1) is 0 Å². The zero-order valence-corrected chi connectivity index (χ0v) is 10.6. The van der Waals surface area contributed by atoms with Crippen molar-refractivity contribution in [2.45, 2.75) is 20.8 Å². The van der Waals surface area contributed by atoms with Crippen LogP contribution in [0, 0.1) is 17.1 Å². The van der Waals surface area contributed by atoms with Gasteiger partial charge in [0.1, 0.15) is 11.7 Å². The van der Waals surface area contributed by atoms with Crippen molar-refractivity contribution in [2.75, 3.05) is 18.0 Å². The second-order valence-corrected chi connectivity index (χ2v) is 4.51. The second-order valence-electron chi connectivity index (χ2n) is 4.51. The number of nitrogens with two attached hydrogens (primary N) is 1. The summed E-state index contributed by atoms with van der Waals surface area (Å²) in [6, 6.07) is 4.42. The topological polar surface area (TPSA) is 53.1 Å². The lowest BCUT2D eigenvalue weighted by Crippen LogP contribution is -2.29. The van der Waals surface area contributed by atoms with Crippen LogP contribution in [0.15, 0.2) is 18.2 Å². The summed E-state index contributed by atoms with van der Waals surface area (Å²) in [5.41, 5.74) is 6.79. The number of nitrogens with one attached hydrogen (secondary N) is 1. The van der Waals surface area contributed by atoms with Crippen molar-refractivity contribution in [3.05, 3.63) is 29.6 Å². The summed E-state index contributed by atoms with van der Waals surface area (Å²) >= 11 is 0. The Morgan fingerprint density at radius 1 is 1.47 bits per heavy atom. The third-order valence-corrected chi connectivity index (χ3v) is 2.56. The highest BCUT2D eigenvalue weighted by molar-refractivity contribution is 6.00. The van der Waals surface area contributed by atoms with Gasteiger partial charge in [-0.05, 0) is 31.0 Å². The minimum Gasteiger partial charge on any atom is -0.384 e. The third-order valence-electron chi connectivity index (χ3n) is 2.56. The molecule has 0 unspecified atom stereocenters. The van der Waals surface area contributed by atoms with Crippen LogP contribution in [0.2, 0.25) is 0 Å². The standard InChI is InChI=1S/C13H20FN3/c1-4-17(8-9(2)3)12-6-5-10(14)7-11(12)13(15)16/h5-7,9H,4,8H2,1-3H3,(H3,15,16). The average molecular weight is 237 g/mol. The van der Waals surface area contributed by atoms with Gasteiger partial charge in [-0.1, -0.05) is 13.8 Å². The highest BCUT2D eigenvalue weighted by atomic mass is 19.1. The number of halogens is 1. The maximum atomic E-state index is 13.2. The van der Waals surface area contributed by atoms with Crippen LogP contribution in [0.5, 0.6) is 0 Å². The molecule has 0 heterocycles. The SMILES string of the molecule is CCN(CC(C)C)c1ccc(F)cc1C(=N)N. The van der Waals surface area contributed by atoms with Crippen LogP contribution < -0.4 is 10.6 Å². The van der Waals surface area contributed by atoms with Crippen molar-refractivity contribution >= 4 is 11.5 Å². The van der Waals surface area contributed by atoms with Crippen LogP contribution in [-0.4, -0.2) is 18.9 Å². The summed E-state index contributed by atoms with van der Waals surface area (Å²) in [7, 11) is 0. The van der Waals surface area contributed by atoms with Crippen LogP contribution in [0.3, 0.4) is 0 Å². The van der Waals surface area contributed by atoms with Crippen LogP contribution in [-0.2, 0) is 0 Å². The van der Waals surface area contributed by atoms with Gasteiger partial charge in [-0.3, -0.25) is 5.41 Å². The Hall–Kier alpha value is -1.58. The molecule has 0 aromatic heterocycles. The maximum absolute atomic E-state index is 13.2. The van der Waals surface area contributed by atoms with Gasteiger partial charge in [-0.2, -0.15) is 0 Å². The number of nitrogens with zero attached hydrogens (tertiary/aromatic N) is 1. The molecule has 0 saturated heterocycles. The van der Waals surface area contributed by atoms with E-state index in [-0.39, 0.29) is 11.7 Å². The molecule has 0 aliphatic heterocycles. The number of amidine groups is 1. The van der Waals surface area contributed by atoms with Crippen molar-refractivity contribution in [1.29, 1.82) is 5.41 Å². The van der Waals surface area contributed by atoms with E-state index in [0.29, 0.717) is 11.5 Å². The lowest BCUT2D eigenvalue weighted by Gasteiger charge is -2.27. The summed E-state index contributed by atoms with van der Waals surface area (Å²) < 4.78 is 13.2. The Morgan fingerprint density at radius 2 is 2.12 bits per heavy atom. The Kier molecular flexibility index (Phi) is 4.49. The molecule has 0 radical (unpaired) electrons. The van der Waals surface area contributed by atoms with Crippen LogP contribution >= 0.6 is 0 Å². The third kappa shape index (κ3) is 3.44. The molecule has 0 spiro atoms. The normalized spacial score (nSPS) is 10.6. The highest BCUT2D eigenvalue weighted by Crippen LogP contribution is 2.22. The molecule has 3 N–H and O–H groups in total. The first-order chi connectivity index (χ1) is 7.95. The van der Waals surface area contributed by atoms with Crippen molar-refractivity contribution < 1.29 is 4.39 Å². The van der Waals surface area contributed by atoms with Crippen molar-refractivity contribution in [3.63, 3.8) is 0 Å². The summed E-state index contributed by atoms with van der Waals surface area (Å²) in [5.74, 6) is 0.0427. The number of rotatable bonds is 5. The molecular weight excluding hydrogens is 217 g/mol. The number of hydrogen-bond donors (Lipinski definition) is 2. The van der Waals surface area contributed by atoms with E-state index in [9.17, 15) is 4.39 Å². The van der Waals surface area contributed by atoms with Crippen LogP contribution in [0.25, 0.3) is 0 Å². The van der Waals surface area contributed by atoms with Gasteiger partial charge < -0.3 is 10.6 Å². The van der Waals surface area contributed by atoms with E-state index in [1.54, 1.807) is 6.07 Å². The zero-order chi connectivity index (χ0) is 13.0. The Balaban J connectivity index is 3.14. The van der Waals surface area contributed by atoms with Crippen molar-refractivity contribution in [1.82, 2.24) is 0 Å². The molecule has 17 heavy (non-hydrogen) atoms. The monoisotopic (exact) mass is 237 g/mol. The first-order valence-corrected chi connectivity index (χ1v) is 5.84. The molecule has 94 valence electrons. The molecule has 3 nitrogen and oxygen atoms in total. The molecule has 4 heteroatoms. The van der Waals surface area contributed by atoms with Crippen molar-refractivity contribution in [2.24, 2.45) is 11.7 Å². The quantitative estimate of drug-likeness (QED) is 0.611. The van der Waals surface area contributed by atoms with Crippen molar-refractivity contribution in [3.8, 4) is 0 Å². The molecule has 0 amide bonds. The van der Waals surface area contributed by atoms with Gasteiger partial charge in [0, 0.05) is 24.3 Å². The smallest absolute Gasteiger partial charge is 0.125 e. The van der Waals surface area contributed by atoms with E-state index in [1.165, 1.54) is 12.1 Å². The number of nitrogen functional groups attached to an aromatic ring is 1. The summed E-state index contributed by atoms with van der Waals surface area (Å²) in [6.07, 6.45) is 0. The number of benzene rings is 1. The minimum atomic E-state index is -0.362. The van der Waals surface area contributed by atoms with E-state index in [1.807, 2.05) is 6.92 Å². The molecule has 0 saturated carbocycles. The van der Waals surface area contributed by atoms with Crippen LogP contribution in [0.4, 0.5) is 10.1 Å².